The van der Waals surface area contributed by atoms with Gasteiger partial charge in [-0.25, -0.2) is 17.8 Å². The van der Waals surface area contributed by atoms with Crippen LogP contribution < -0.4 is 4.72 Å². The number of nitrogens with zero attached hydrogens (tertiary/aromatic N) is 2. The Balaban J connectivity index is 1.79. The molecule has 0 spiro atoms. The first-order valence-corrected chi connectivity index (χ1v) is 8.85. The number of aromatic nitrogens is 2. The van der Waals surface area contributed by atoms with Crippen molar-refractivity contribution in [2.75, 3.05) is 0 Å². The summed E-state index contributed by atoms with van der Waals surface area (Å²) in [4.78, 5) is 0.106. The van der Waals surface area contributed by atoms with Crippen molar-refractivity contribution >= 4 is 10.0 Å². The molecule has 1 aliphatic carbocycles. The van der Waals surface area contributed by atoms with Crippen LogP contribution in [0.3, 0.4) is 0 Å². The fourth-order valence-corrected chi connectivity index (χ4v) is 3.92. The summed E-state index contributed by atoms with van der Waals surface area (Å²) >= 11 is 0. The predicted octanol–water partition coefficient (Wildman–Crippen LogP) is 1.45. The highest BCUT2D eigenvalue weighted by molar-refractivity contribution is 7.89. The zero-order valence-corrected chi connectivity index (χ0v) is 12.9. The van der Waals surface area contributed by atoms with Crippen LogP contribution >= 0.6 is 0 Å². The van der Waals surface area contributed by atoms with E-state index in [2.05, 4.69) is 9.82 Å². The summed E-state index contributed by atoms with van der Waals surface area (Å²) < 4.78 is 28.9. The molecule has 118 valence electrons. The van der Waals surface area contributed by atoms with Gasteiger partial charge < -0.3 is 5.11 Å². The number of sulfonamides is 1. The summed E-state index contributed by atoms with van der Waals surface area (Å²) in [5, 5.41) is 14.0. The maximum Gasteiger partial charge on any atom is 0.244 e. The molecule has 1 heterocycles. The van der Waals surface area contributed by atoms with E-state index in [0.29, 0.717) is 12.8 Å². The number of hydrogen-bond acceptors (Lipinski definition) is 4. The number of aliphatic hydroxyl groups excluding tert-OH is 1. The van der Waals surface area contributed by atoms with Gasteiger partial charge in [0.2, 0.25) is 10.0 Å². The second kappa shape index (κ2) is 6.20. The number of aliphatic hydroxyl groups is 1. The summed E-state index contributed by atoms with van der Waals surface area (Å²) in [7, 11) is -3.67. The quantitative estimate of drug-likeness (QED) is 0.893. The molecule has 0 aliphatic heterocycles. The number of hydrogen-bond donors (Lipinski definition) is 2. The maximum absolute atomic E-state index is 12.4. The largest absolute Gasteiger partial charge is 0.391 e. The van der Waals surface area contributed by atoms with Crippen molar-refractivity contribution in [1.82, 2.24) is 14.5 Å². The van der Waals surface area contributed by atoms with E-state index in [1.54, 1.807) is 0 Å². The maximum atomic E-state index is 12.4. The van der Waals surface area contributed by atoms with Gasteiger partial charge in [-0.05, 0) is 25.0 Å². The molecule has 2 N–H and O–H groups in total. The van der Waals surface area contributed by atoms with Crippen LogP contribution in [0.2, 0.25) is 0 Å². The number of rotatable bonds is 4. The van der Waals surface area contributed by atoms with Gasteiger partial charge in [-0.1, -0.05) is 31.0 Å². The van der Waals surface area contributed by atoms with Gasteiger partial charge in [0.1, 0.15) is 4.90 Å². The van der Waals surface area contributed by atoms with Crippen LogP contribution in [-0.4, -0.2) is 35.5 Å². The molecule has 1 fully saturated rings. The average Bonchev–Trinajstić information content (AvgIpc) is 3.01. The third kappa shape index (κ3) is 3.21. The Bertz CT molecular complexity index is 728. The van der Waals surface area contributed by atoms with Crippen LogP contribution in [-0.2, 0) is 10.0 Å². The second-order valence-corrected chi connectivity index (χ2v) is 7.25. The summed E-state index contributed by atoms with van der Waals surface area (Å²) in [5.41, 5.74) is 0.793. The topological polar surface area (TPSA) is 84.2 Å². The summed E-state index contributed by atoms with van der Waals surface area (Å²) in [6.45, 7) is 0. The Morgan fingerprint density at radius 3 is 2.64 bits per heavy atom. The average molecular weight is 321 g/mol. The van der Waals surface area contributed by atoms with Gasteiger partial charge in [0.05, 0.1) is 24.2 Å². The van der Waals surface area contributed by atoms with Gasteiger partial charge in [-0.2, -0.15) is 5.10 Å². The minimum atomic E-state index is -3.67. The molecule has 1 saturated carbocycles. The van der Waals surface area contributed by atoms with E-state index in [4.69, 9.17) is 0 Å². The highest BCUT2D eigenvalue weighted by Gasteiger charge is 2.28. The summed E-state index contributed by atoms with van der Waals surface area (Å²) in [6, 6.07) is 8.89. The van der Waals surface area contributed by atoms with Crippen molar-refractivity contribution in [2.24, 2.45) is 0 Å². The Morgan fingerprint density at radius 2 is 1.91 bits per heavy atom. The van der Waals surface area contributed by atoms with Crippen molar-refractivity contribution in [3.05, 3.63) is 42.7 Å². The van der Waals surface area contributed by atoms with Crippen LogP contribution in [0, 0.1) is 0 Å². The van der Waals surface area contributed by atoms with E-state index in [1.165, 1.54) is 17.1 Å². The lowest BCUT2D eigenvalue weighted by molar-refractivity contribution is 0.101. The van der Waals surface area contributed by atoms with Crippen molar-refractivity contribution in [2.45, 2.75) is 42.7 Å². The predicted molar refractivity (Wildman–Crippen MR) is 82.1 cm³/mol. The third-order valence-corrected chi connectivity index (χ3v) is 5.37. The summed E-state index contributed by atoms with van der Waals surface area (Å²) in [6.07, 6.45) is 5.34. The Labute approximate surface area is 129 Å². The standard InChI is InChI=1S/C15H19N3O3S/c19-15-9-5-4-8-14(15)17-22(20,21)13-10-16-18(11-13)12-6-2-1-3-7-12/h1-3,6-7,10-11,14-15,17,19H,4-5,8-9H2/t14-,15-/m0/s1. The smallest absolute Gasteiger partial charge is 0.244 e. The van der Waals surface area contributed by atoms with E-state index < -0.39 is 22.2 Å². The van der Waals surface area contributed by atoms with Gasteiger partial charge in [-0.3, -0.25) is 0 Å². The normalized spacial score (nSPS) is 22.6. The number of benzene rings is 1. The second-order valence-electron chi connectivity index (χ2n) is 5.54. The summed E-state index contributed by atoms with van der Waals surface area (Å²) in [5.74, 6) is 0. The molecular weight excluding hydrogens is 302 g/mol. The van der Waals surface area contributed by atoms with E-state index in [-0.39, 0.29) is 4.90 Å². The monoisotopic (exact) mass is 321 g/mol. The van der Waals surface area contributed by atoms with Crippen molar-refractivity contribution in [3.63, 3.8) is 0 Å². The van der Waals surface area contributed by atoms with Crippen molar-refractivity contribution in [1.29, 1.82) is 0 Å². The first kappa shape index (κ1) is 15.2. The lowest BCUT2D eigenvalue weighted by Crippen LogP contribution is -2.44. The molecule has 2 atom stereocenters. The fourth-order valence-electron chi connectivity index (χ4n) is 2.68. The highest BCUT2D eigenvalue weighted by atomic mass is 32.2. The van der Waals surface area contributed by atoms with Crippen LogP contribution in [0.25, 0.3) is 5.69 Å². The third-order valence-electron chi connectivity index (χ3n) is 3.93. The van der Waals surface area contributed by atoms with E-state index >= 15 is 0 Å². The van der Waals surface area contributed by atoms with Crippen LogP contribution in [0.1, 0.15) is 25.7 Å². The Kier molecular flexibility index (Phi) is 4.28. The SMILES string of the molecule is O=S(=O)(N[C@H]1CCCC[C@@H]1O)c1cnn(-c2ccccc2)c1. The molecule has 1 aromatic heterocycles. The zero-order valence-electron chi connectivity index (χ0n) is 12.1. The molecule has 2 aromatic rings. The van der Waals surface area contributed by atoms with Crippen LogP contribution in [0.5, 0.6) is 0 Å². The van der Waals surface area contributed by atoms with Gasteiger partial charge in [-0.15, -0.1) is 0 Å². The van der Waals surface area contributed by atoms with Gasteiger partial charge in [0, 0.05) is 6.04 Å². The van der Waals surface area contributed by atoms with E-state index in [1.807, 2.05) is 30.3 Å². The minimum Gasteiger partial charge on any atom is -0.391 e. The molecule has 3 rings (SSSR count). The molecule has 0 amide bonds. The Morgan fingerprint density at radius 1 is 1.18 bits per heavy atom. The first-order valence-electron chi connectivity index (χ1n) is 7.37. The molecule has 0 radical (unpaired) electrons. The van der Waals surface area contributed by atoms with Gasteiger partial charge in [0.15, 0.2) is 0 Å². The van der Waals surface area contributed by atoms with Crippen molar-refractivity contribution < 1.29 is 13.5 Å². The van der Waals surface area contributed by atoms with Crippen LogP contribution in [0.15, 0.2) is 47.6 Å². The van der Waals surface area contributed by atoms with E-state index in [9.17, 15) is 13.5 Å². The Hall–Kier alpha value is -1.70. The lowest BCUT2D eigenvalue weighted by atomic mass is 9.93. The molecule has 0 bridgehead atoms. The molecule has 0 saturated heterocycles. The molecular formula is C15H19N3O3S. The molecule has 1 aliphatic rings. The highest BCUT2D eigenvalue weighted by Crippen LogP contribution is 2.21. The lowest BCUT2D eigenvalue weighted by Gasteiger charge is -2.27. The van der Waals surface area contributed by atoms with E-state index in [0.717, 1.165) is 18.5 Å². The fraction of sp³-hybridized carbons (Fsp3) is 0.400. The van der Waals surface area contributed by atoms with Gasteiger partial charge in [0.25, 0.3) is 0 Å². The molecule has 7 heteroatoms. The zero-order chi connectivity index (χ0) is 15.6. The first-order chi connectivity index (χ1) is 10.6. The number of nitrogens with one attached hydrogen (secondary N) is 1. The van der Waals surface area contributed by atoms with Crippen molar-refractivity contribution in [3.8, 4) is 5.69 Å². The van der Waals surface area contributed by atoms with Gasteiger partial charge >= 0.3 is 0 Å². The molecule has 22 heavy (non-hydrogen) atoms. The van der Waals surface area contributed by atoms with Crippen LogP contribution in [0.4, 0.5) is 0 Å². The number of para-hydroxylation sites is 1. The minimum absolute atomic E-state index is 0.106. The molecule has 1 aromatic carbocycles. The molecule has 6 nitrogen and oxygen atoms in total. The molecule has 0 unspecified atom stereocenters.